The first kappa shape index (κ1) is 19.4. The van der Waals surface area contributed by atoms with Crippen molar-refractivity contribution in [1.82, 2.24) is 4.90 Å². The van der Waals surface area contributed by atoms with Crippen LogP contribution in [0, 0.1) is 5.92 Å². The van der Waals surface area contributed by atoms with Crippen LogP contribution in [0.1, 0.15) is 37.8 Å². The third-order valence-electron chi connectivity index (χ3n) is 5.58. The molecule has 0 bridgehead atoms. The molecule has 1 aliphatic rings. The maximum Gasteiger partial charge on any atom is 0.220 e. The molecular formula is C23H30N2O2. The summed E-state index contributed by atoms with van der Waals surface area (Å²) in [6.07, 6.45) is 2.62. The Bertz CT molecular complexity index is 718. The first-order valence-electron chi connectivity index (χ1n) is 9.83. The van der Waals surface area contributed by atoms with E-state index in [0.717, 1.165) is 31.6 Å². The van der Waals surface area contributed by atoms with Gasteiger partial charge in [-0.2, -0.15) is 0 Å². The fraction of sp³-hybridized carbons (Fsp3) is 0.435. The topological polar surface area (TPSA) is 55.6 Å². The van der Waals surface area contributed by atoms with E-state index in [2.05, 4.69) is 55.1 Å². The standard InChI is InChI=1S/C23H30N2O2/c1-17-14-21(23(24)26)15-18(2)25(17)12-13-27-22-10-8-20(9-11-22)16-19-6-4-3-5-7-19/h3-11,17-18,21H,12-16H2,1-2H3,(H2,24,26)/t17-,18-/m1/s1. The molecule has 1 aliphatic heterocycles. The van der Waals surface area contributed by atoms with Gasteiger partial charge in [-0.1, -0.05) is 42.5 Å². The molecule has 1 fully saturated rings. The van der Waals surface area contributed by atoms with Crippen LogP contribution in [-0.4, -0.2) is 36.0 Å². The zero-order valence-electron chi connectivity index (χ0n) is 16.3. The van der Waals surface area contributed by atoms with Crippen molar-refractivity contribution in [3.63, 3.8) is 0 Å². The zero-order valence-corrected chi connectivity index (χ0v) is 16.3. The summed E-state index contributed by atoms with van der Waals surface area (Å²) < 4.78 is 5.95. The predicted octanol–water partition coefficient (Wildman–Crippen LogP) is 3.63. The van der Waals surface area contributed by atoms with Gasteiger partial charge in [0, 0.05) is 24.5 Å². The largest absolute Gasteiger partial charge is 0.492 e. The normalized spacial score (nSPS) is 23.1. The van der Waals surface area contributed by atoms with Crippen LogP contribution in [0.25, 0.3) is 0 Å². The summed E-state index contributed by atoms with van der Waals surface area (Å²) in [5.74, 6) is 0.739. The Hall–Kier alpha value is -2.33. The summed E-state index contributed by atoms with van der Waals surface area (Å²) in [7, 11) is 0. The van der Waals surface area contributed by atoms with Crippen molar-refractivity contribution in [1.29, 1.82) is 0 Å². The van der Waals surface area contributed by atoms with Crippen molar-refractivity contribution in [2.24, 2.45) is 11.7 Å². The molecule has 1 amide bonds. The Balaban J connectivity index is 1.47. The summed E-state index contributed by atoms with van der Waals surface area (Å²) in [6, 6.07) is 19.5. The van der Waals surface area contributed by atoms with Gasteiger partial charge in [-0.15, -0.1) is 0 Å². The summed E-state index contributed by atoms with van der Waals surface area (Å²) in [5.41, 5.74) is 8.09. The van der Waals surface area contributed by atoms with Crippen LogP contribution in [0.4, 0.5) is 0 Å². The molecule has 1 heterocycles. The molecule has 0 radical (unpaired) electrons. The van der Waals surface area contributed by atoms with Crippen LogP contribution in [0.15, 0.2) is 54.6 Å². The summed E-state index contributed by atoms with van der Waals surface area (Å²) in [5, 5.41) is 0. The molecule has 1 saturated heterocycles. The number of hydrogen-bond acceptors (Lipinski definition) is 3. The molecule has 2 atom stereocenters. The number of carbonyl (C=O) groups excluding carboxylic acids is 1. The molecule has 0 aliphatic carbocycles. The smallest absolute Gasteiger partial charge is 0.220 e. The van der Waals surface area contributed by atoms with Crippen molar-refractivity contribution in [2.75, 3.05) is 13.2 Å². The first-order chi connectivity index (χ1) is 13.0. The van der Waals surface area contributed by atoms with Gasteiger partial charge in [-0.3, -0.25) is 9.69 Å². The molecule has 2 aromatic rings. The van der Waals surface area contributed by atoms with Crippen molar-refractivity contribution in [3.8, 4) is 5.75 Å². The number of hydrogen-bond donors (Lipinski definition) is 1. The number of rotatable bonds is 7. The molecule has 144 valence electrons. The van der Waals surface area contributed by atoms with Gasteiger partial charge < -0.3 is 10.5 Å². The van der Waals surface area contributed by atoms with Crippen LogP contribution in [0.5, 0.6) is 5.75 Å². The lowest BCUT2D eigenvalue weighted by Gasteiger charge is -2.41. The first-order valence-corrected chi connectivity index (χ1v) is 9.83. The second-order valence-corrected chi connectivity index (χ2v) is 7.66. The average Bonchev–Trinajstić information content (AvgIpc) is 2.66. The number of nitrogens with two attached hydrogens (primary N) is 1. The average molecular weight is 367 g/mol. The Morgan fingerprint density at radius 3 is 2.19 bits per heavy atom. The van der Waals surface area contributed by atoms with E-state index >= 15 is 0 Å². The number of primary amides is 1. The van der Waals surface area contributed by atoms with E-state index < -0.39 is 0 Å². The number of carbonyl (C=O) groups is 1. The van der Waals surface area contributed by atoms with Gasteiger partial charge in [-0.05, 0) is 56.4 Å². The van der Waals surface area contributed by atoms with Gasteiger partial charge in [0.2, 0.25) is 5.91 Å². The summed E-state index contributed by atoms with van der Waals surface area (Å²) in [6.45, 7) is 5.85. The van der Waals surface area contributed by atoms with Crippen LogP contribution in [0.2, 0.25) is 0 Å². The molecular weight excluding hydrogens is 336 g/mol. The number of piperidine rings is 1. The minimum atomic E-state index is -0.166. The van der Waals surface area contributed by atoms with Crippen molar-refractivity contribution >= 4 is 5.91 Å². The van der Waals surface area contributed by atoms with E-state index in [9.17, 15) is 4.79 Å². The molecule has 27 heavy (non-hydrogen) atoms. The summed E-state index contributed by atoms with van der Waals surface area (Å²) in [4.78, 5) is 13.9. The van der Waals surface area contributed by atoms with E-state index in [-0.39, 0.29) is 11.8 Å². The van der Waals surface area contributed by atoms with E-state index in [1.54, 1.807) is 0 Å². The third-order valence-corrected chi connectivity index (χ3v) is 5.58. The molecule has 4 nitrogen and oxygen atoms in total. The zero-order chi connectivity index (χ0) is 19.2. The van der Waals surface area contributed by atoms with Crippen LogP contribution in [-0.2, 0) is 11.2 Å². The lowest BCUT2D eigenvalue weighted by Crippen LogP contribution is -2.50. The Morgan fingerprint density at radius 2 is 1.59 bits per heavy atom. The molecule has 3 rings (SSSR count). The van der Waals surface area contributed by atoms with Gasteiger partial charge in [0.05, 0.1) is 0 Å². The lowest BCUT2D eigenvalue weighted by atomic mass is 9.87. The highest BCUT2D eigenvalue weighted by atomic mass is 16.5. The van der Waals surface area contributed by atoms with Gasteiger partial charge in [0.1, 0.15) is 12.4 Å². The Kier molecular flexibility index (Phi) is 6.51. The fourth-order valence-corrected chi connectivity index (χ4v) is 4.10. The van der Waals surface area contributed by atoms with Gasteiger partial charge in [0.15, 0.2) is 0 Å². The second kappa shape index (κ2) is 9.05. The molecule has 0 unspecified atom stereocenters. The quantitative estimate of drug-likeness (QED) is 0.814. The number of nitrogens with zero attached hydrogens (tertiary/aromatic N) is 1. The maximum absolute atomic E-state index is 11.5. The predicted molar refractivity (Wildman–Crippen MR) is 109 cm³/mol. The highest BCUT2D eigenvalue weighted by Crippen LogP contribution is 2.27. The second-order valence-electron chi connectivity index (χ2n) is 7.66. The van der Waals surface area contributed by atoms with E-state index in [1.165, 1.54) is 11.1 Å². The fourth-order valence-electron chi connectivity index (χ4n) is 4.10. The van der Waals surface area contributed by atoms with Crippen molar-refractivity contribution in [2.45, 2.75) is 45.2 Å². The van der Waals surface area contributed by atoms with Gasteiger partial charge >= 0.3 is 0 Å². The number of likely N-dealkylation sites (tertiary alicyclic amines) is 1. The van der Waals surface area contributed by atoms with Gasteiger partial charge in [0.25, 0.3) is 0 Å². The summed E-state index contributed by atoms with van der Waals surface area (Å²) >= 11 is 0. The Morgan fingerprint density at radius 1 is 1.00 bits per heavy atom. The lowest BCUT2D eigenvalue weighted by molar-refractivity contribution is -0.124. The highest BCUT2D eigenvalue weighted by Gasteiger charge is 2.33. The van der Waals surface area contributed by atoms with Crippen LogP contribution >= 0.6 is 0 Å². The minimum absolute atomic E-state index is 0.00401. The molecule has 0 saturated carbocycles. The third kappa shape index (κ3) is 5.33. The van der Waals surface area contributed by atoms with Crippen LogP contribution in [0.3, 0.4) is 0 Å². The molecule has 2 aromatic carbocycles. The number of ether oxygens (including phenoxy) is 1. The SMILES string of the molecule is C[C@@H]1CC(C(N)=O)C[C@@H](C)N1CCOc1ccc(Cc2ccccc2)cc1. The minimum Gasteiger partial charge on any atom is -0.492 e. The van der Waals surface area contributed by atoms with Crippen molar-refractivity contribution < 1.29 is 9.53 Å². The highest BCUT2D eigenvalue weighted by molar-refractivity contribution is 5.76. The number of benzene rings is 2. The van der Waals surface area contributed by atoms with E-state index in [0.29, 0.717) is 18.7 Å². The van der Waals surface area contributed by atoms with Crippen molar-refractivity contribution in [3.05, 3.63) is 65.7 Å². The van der Waals surface area contributed by atoms with E-state index in [1.807, 2.05) is 18.2 Å². The monoisotopic (exact) mass is 366 g/mol. The van der Waals surface area contributed by atoms with E-state index in [4.69, 9.17) is 10.5 Å². The molecule has 4 heteroatoms. The molecule has 2 N–H and O–H groups in total. The Labute approximate surface area is 162 Å². The van der Waals surface area contributed by atoms with Crippen LogP contribution < -0.4 is 10.5 Å². The molecule has 0 spiro atoms. The van der Waals surface area contributed by atoms with Gasteiger partial charge in [-0.25, -0.2) is 0 Å². The number of amides is 1. The maximum atomic E-state index is 11.5. The molecule has 0 aromatic heterocycles.